The van der Waals surface area contributed by atoms with E-state index in [-0.39, 0.29) is 21.7 Å². The Morgan fingerprint density at radius 2 is 2.03 bits per heavy atom. The molecule has 0 aliphatic heterocycles. The smallest absolute Gasteiger partial charge is 0.334 e. The summed E-state index contributed by atoms with van der Waals surface area (Å²) in [5, 5.41) is 6.14. The van der Waals surface area contributed by atoms with Crippen molar-refractivity contribution in [2.45, 2.75) is 24.5 Å². The van der Waals surface area contributed by atoms with Gasteiger partial charge in [-0.2, -0.15) is 4.98 Å². The predicted octanol–water partition coefficient (Wildman–Crippen LogP) is 2.09. The average Bonchev–Trinajstić information content (AvgIpc) is 3.25. The standard InChI is InChI=1S/C17H20N6O5S2/c1-9-6-15(29-12(9)4-5-27-3)30(25,26)23-17(24)21-14-8-11(7-13(18)20-14)16-19-10(2)28-22-16/h6-8H,4-5H2,1-3H3,(H4,18,20,21,23,24). The maximum absolute atomic E-state index is 12.6. The maximum Gasteiger partial charge on any atom is 0.334 e. The van der Waals surface area contributed by atoms with Gasteiger partial charge in [0.1, 0.15) is 15.8 Å². The highest BCUT2D eigenvalue weighted by atomic mass is 32.2. The lowest BCUT2D eigenvalue weighted by atomic mass is 10.2. The summed E-state index contributed by atoms with van der Waals surface area (Å²) in [7, 11) is -2.49. The Balaban J connectivity index is 1.74. The number of nitrogens with zero attached hydrogens (tertiary/aromatic N) is 3. The largest absolute Gasteiger partial charge is 0.384 e. The highest BCUT2D eigenvalue weighted by molar-refractivity contribution is 7.92. The van der Waals surface area contributed by atoms with Crippen LogP contribution < -0.4 is 15.8 Å². The first kappa shape index (κ1) is 21.7. The second kappa shape index (κ2) is 8.77. The third-order valence-corrected chi connectivity index (χ3v) is 7.00. The number of nitrogens with one attached hydrogen (secondary N) is 2. The Labute approximate surface area is 176 Å². The molecule has 3 aromatic heterocycles. The van der Waals surface area contributed by atoms with Gasteiger partial charge in [0.25, 0.3) is 10.0 Å². The van der Waals surface area contributed by atoms with Crippen LogP contribution in [0.25, 0.3) is 11.4 Å². The second-order valence-corrected chi connectivity index (χ2v) is 9.32. The first-order valence-electron chi connectivity index (χ1n) is 8.68. The number of rotatable bonds is 7. The molecule has 160 valence electrons. The summed E-state index contributed by atoms with van der Waals surface area (Å²) in [6, 6.07) is 3.49. The van der Waals surface area contributed by atoms with Crippen molar-refractivity contribution in [3.05, 3.63) is 34.5 Å². The van der Waals surface area contributed by atoms with Gasteiger partial charge < -0.3 is 15.0 Å². The molecule has 0 saturated heterocycles. The molecule has 0 aliphatic rings. The van der Waals surface area contributed by atoms with Gasteiger partial charge in [-0.3, -0.25) is 5.32 Å². The molecule has 0 saturated carbocycles. The van der Waals surface area contributed by atoms with Gasteiger partial charge in [0.15, 0.2) is 0 Å². The Kier molecular flexibility index (Phi) is 6.34. The van der Waals surface area contributed by atoms with Crippen molar-refractivity contribution in [3.63, 3.8) is 0 Å². The molecule has 2 amide bonds. The molecule has 30 heavy (non-hydrogen) atoms. The van der Waals surface area contributed by atoms with E-state index in [1.165, 1.54) is 18.2 Å². The van der Waals surface area contributed by atoms with Crippen LogP contribution in [0.4, 0.5) is 16.4 Å². The summed E-state index contributed by atoms with van der Waals surface area (Å²) in [6.45, 7) is 3.90. The monoisotopic (exact) mass is 452 g/mol. The van der Waals surface area contributed by atoms with Gasteiger partial charge in [0.05, 0.1) is 6.61 Å². The van der Waals surface area contributed by atoms with Crippen LogP contribution in [0.1, 0.15) is 16.3 Å². The van der Waals surface area contributed by atoms with Crippen molar-refractivity contribution in [2.24, 2.45) is 0 Å². The van der Waals surface area contributed by atoms with Crippen LogP contribution in [0, 0.1) is 13.8 Å². The van der Waals surface area contributed by atoms with Gasteiger partial charge >= 0.3 is 6.03 Å². The van der Waals surface area contributed by atoms with E-state index < -0.39 is 16.1 Å². The van der Waals surface area contributed by atoms with Crippen LogP contribution in [0.15, 0.2) is 26.9 Å². The fourth-order valence-electron chi connectivity index (χ4n) is 2.54. The normalized spacial score (nSPS) is 11.4. The van der Waals surface area contributed by atoms with E-state index in [4.69, 9.17) is 15.0 Å². The van der Waals surface area contributed by atoms with Crippen LogP contribution in [0.5, 0.6) is 0 Å². The molecule has 0 bridgehead atoms. The molecule has 0 spiro atoms. The maximum atomic E-state index is 12.6. The molecular weight excluding hydrogens is 432 g/mol. The summed E-state index contributed by atoms with van der Waals surface area (Å²) >= 11 is 1.09. The minimum atomic E-state index is -4.06. The minimum absolute atomic E-state index is 0.0308. The van der Waals surface area contributed by atoms with E-state index in [0.717, 1.165) is 21.8 Å². The number of methoxy groups -OCH3 is 1. The number of urea groups is 1. The molecule has 3 aromatic rings. The van der Waals surface area contributed by atoms with Crippen LogP contribution in [-0.2, 0) is 21.2 Å². The third kappa shape index (κ3) is 5.11. The zero-order chi connectivity index (χ0) is 21.9. The van der Waals surface area contributed by atoms with E-state index in [9.17, 15) is 13.2 Å². The summed E-state index contributed by atoms with van der Waals surface area (Å²) in [5.41, 5.74) is 7.03. The van der Waals surface area contributed by atoms with E-state index in [1.54, 1.807) is 21.0 Å². The number of ether oxygens (including phenoxy) is 1. The first-order chi connectivity index (χ1) is 14.2. The van der Waals surface area contributed by atoms with Gasteiger partial charge in [-0.15, -0.1) is 11.3 Å². The number of carbonyl (C=O) groups excluding carboxylic acids is 1. The van der Waals surface area contributed by atoms with Crippen LogP contribution in [0.2, 0.25) is 0 Å². The molecule has 0 atom stereocenters. The van der Waals surface area contributed by atoms with Crippen molar-refractivity contribution in [3.8, 4) is 11.4 Å². The van der Waals surface area contributed by atoms with Crippen LogP contribution in [0.3, 0.4) is 0 Å². The van der Waals surface area contributed by atoms with E-state index in [0.29, 0.717) is 24.5 Å². The van der Waals surface area contributed by atoms with Gasteiger partial charge in [-0.25, -0.2) is 22.9 Å². The van der Waals surface area contributed by atoms with Crippen LogP contribution >= 0.6 is 11.3 Å². The minimum Gasteiger partial charge on any atom is -0.384 e. The molecule has 0 fully saturated rings. The fourth-order valence-corrected chi connectivity index (χ4v) is 5.02. The topological polar surface area (TPSA) is 162 Å². The van der Waals surface area contributed by atoms with E-state index in [2.05, 4.69) is 20.4 Å². The summed E-state index contributed by atoms with van der Waals surface area (Å²) in [4.78, 5) is 21.2. The number of thiophene rings is 1. The van der Waals surface area contributed by atoms with Crippen molar-refractivity contribution < 1.29 is 22.5 Å². The fraction of sp³-hybridized carbons (Fsp3) is 0.294. The number of nitrogen functional groups attached to an aromatic ring is 1. The average molecular weight is 453 g/mol. The van der Waals surface area contributed by atoms with Crippen molar-refractivity contribution >= 4 is 39.0 Å². The highest BCUT2D eigenvalue weighted by Gasteiger charge is 2.22. The number of carbonyl (C=O) groups is 1. The third-order valence-electron chi connectivity index (χ3n) is 3.90. The molecule has 0 aromatic carbocycles. The number of aryl methyl sites for hydroxylation is 2. The summed E-state index contributed by atoms with van der Waals surface area (Å²) in [5.74, 6) is 0.734. The molecule has 11 nitrogen and oxygen atoms in total. The van der Waals surface area contributed by atoms with Crippen LogP contribution in [-0.4, -0.2) is 43.3 Å². The molecule has 3 rings (SSSR count). The molecule has 0 unspecified atom stereocenters. The Morgan fingerprint density at radius 1 is 1.27 bits per heavy atom. The van der Waals surface area contributed by atoms with E-state index >= 15 is 0 Å². The number of amides is 2. The van der Waals surface area contributed by atoms with Crippen molar-refractivity contribution in [1.29, 1.82) is 0 Å². The molecule has 3 heterocycles. The quantitative estimate of drug-likeness (QED) is 0.487. The molecular formula is C17H20N6O5S2. The molecule has 4 N–H and O–H groups in total. The zero-order valence-corrected chi connectivity index (χ0v) is 18.1. The lowest BCUT2D eigenvalue weighted by molar-refractivity contribution is 0.203. The first-order valence-corrected chi connectivity index (χ1v) is 11.0. The molecule has 0 aliphatic carbocycles. The number of nitrogens with two attached hydrogens (primary N) is 1. The highest BCUT2D eigenvalue weighted by Crippen LogP contribution is 2.26. The Hall–Kier alpha value is -3.03. The predicted molar refractivity (Wildman–Crippen MR) is 111 cm³/mol. The number of hydrogen-bond donors (Lipinski definition) is 3. The van der Waals surface area contributed by atoms with Gasteiger partial charge in [-0.05, 0) is 30.7 Å². The lowest BCUT2D eigenvalue weighted by Crippen LogP contribution is -2.34. The lowest BCUT2D eigenvalue weighted by Gasteiger charge is -2.08. The van der Waals surface area contributed by atoms with Gasteiger partial charge in [0, 0.05) is 30.9 Å². The second-order valence-electron chi connectivity index (χ2n) is 6.28. The zero-order valence-electron chi connectivity index (χ0n) is 16.4. The van der Waals surface area contributed by atoms with E-state index in [1.807, 2.05) is 4.72 Å². The molecule has 0 radical (unpaired) electrons. The Bertz CT molecular complexity index is 1170. The summed E-state index contributed by atoms with van der Waals surface area (Å²) < 4.78 is 37.1. The number of anilines is 2. The van der Waals surface area contributed by atoms with Gasteiger partial charge in [-0.1, -0.05) is 5.16 Å². The SMILES string of the molecule is COCCc1sc(S(=O)(=O)NC(=O)Nc2cc(-c3noc(C)n3)cc(N)n2)cc1C. The number of hydrogen-bond acceptors (Lipinski definition) is 10. The number of pyridine rings is 1. The Morgan fingerprint density at radius 3 is 2.70 bits per heavy atom. The van der Waals surface area contributed by atoms with Gasteiger partial charge in [0.2, 0.25) is 11.7 Å². The van der Waals surface area contributed by atoms with Crippen molar-refractivity contribution in [1.82, 2.24) is 19.8 Å². The number of sulfonamides is 1. The number of aromatic nitrogens is 3. The molecule has 13 heteroatoms. The summed E-state index contributed by atoms with van der Waals surface area (Å²) in [6.07, 6.45) is 0.584. The van der Waals surface area contributed by atoms with Crippen molar-refractivity contribution in [2.75, 3.05) is 24.8 Å².